The summed E-state index contributed by atoms with van der Waals surface area (Å²) in [5.41, 5.74) is 0.834. The Hall–Kier alpha value is -2.11. The summed E-state index contributed by atoms with van der Waals surface area (Å²) in [5, 5.41) is 10.4. The van der Waals surface area contributed by atoms with Crippen molar-refractivity contribution in [3.05, 3.63) is 34.4 Å². The van der Waals surface area contributed by atoms with Crippen LogP contribution < -0.4 is 4.90 Å². The van der Waals surface area contributed by atoms with Gasteiger partial charge in [0.1, 0.15) is 6.04 Å². The fourth-order valence-electron chi connectivity index (χ4n) is 1.53. The standard InChI is InChI=1S/C10H10N2O4/c1-16-10(13)9-6-11(9)7-2-4-8(5-3-7)12(14)15/h2-5,9H,6H2,1H3. The monoisotopic (exact) mass is 222 g/mol. The lowest BCUT2D eigenvalue weighted by molar-refractivity contribution is -0.384. The summed E-state index contributed by atoms with van der Waals surface area (Å²) in [5.74, 6) is -0.279. The first-order valence-corrected chi connectivity index (χ1v) is 4.72. The number of carbonyl (C=O) groups is 1. The molecule has 6 heteroatoms. The maximum absolute atomic E-state index is 11.2. The van der Waals surface area contributed by atoms with E-state index in [1.165, 1.54) is 19.2 Å². The molecule has 0 bridgehead atoms. The first-order chi connectivity index (χ1) is 7.63. The number of nitro groups is 1. The Morgan fingerprint density at radius 3 is 2.62 bits per heavy atom. The summed E-state index contributed by atoms with van der Waals surface area (Å²) in [6.45, 7) is 0.602. The van der Waals surface area contributed by atoms with Gasteiger partial charge in [-0.1, -0.05) is 0 Å². The van der Waals surface area contributed by atoms with Crippen molar-refractivity contribution in [2.45, 2.75) is 6.04 Å². The maximum Gasteiger partial charge on any atom is 0.330 e. The summed E-state index contributed by atoms with van der Waals surface area (Å²) >= 11 is 0. The maximum atomic E-state index is 11.2. The minimum absolute atomic E-state index is 0.0419. The van der Waals surface area contributed by atoms with Gasteiger partial charge in [-0.25, -0.2) is 4.79 Å². The molecule has 1 atom stereocenters. The molecular weight excluding hydrogens is 212 g/mol. The zero-order valence-electron chi connectivity index (χ0n) is 8.62. The van der Waals surface area contributed by atoms with Gasteiger partial charge in [-0.3, -0.25) is 10.1 Å². The van der Waals surface area contributed by atoms with E-state index in [4.69, 9.17) is 0 Å². The molecule has 6 nitrogen and oxygen atoms in total. The Morgan fingerprint density at radius 2 is 2.12 bits per heavy atom. The van der Waals surface area contributed by atoms with E-state index in [0.29, 0.717) is 6.54 Å². The highest BCUT2D eigenvalue weighted by Gasteiger charge is 2.41. The normalized spacial score (nSPS) is 18.1. The van der Waals surface area contributed by atoms with Crippen molar-refractivity contribution in [1.29, 1.82) is 0 Å². The van der Waals surface area contributed by atoms with E-state index in [2.05, 4.69) is 4.74 Å². The van der Waals surface area contributed by atoms with E-state index in [0.717, 1.165) is 5.69 Å². The van der Waals surface area contributed by atoms with Gasteiger partial charge in [-0.2, -0.15) is 0 Å². The molecule has 1 aliphatic rings. The first kappa shape index (κ1) is 10.4. The Kier molecular flexibility index (Phi) is 2.47. The Labute approximate surface area is 91.6 Å². The zero-order valence-corrected chi connectivity index (χ0v) is 8.62. The smallest absolute Gasteiger partial charge is 0.330 e. The molecule has 1 aliphatic heterocycles. The van der Waals surface area contributed by atoms with E-state index >= 15 is 0 Å². The van der Waals surface area contributed by atoms with Gasteiger partial charge in [-0.15, -0.1) is 0 Å². The molecule has 1 aromatic rings. The topological polar surface area (TPSA) is 72.5 Å². The molecule has 1 unspecified atom stereocenters. The van der Waals surface area contributed by atoms with E-state index in [9.17, 15) is 14.9 Å². The zero-order chi connectivity index (χ0) is 11.7. The number of rotatable bonds is 3. The van der Waals surface area contributed by atoms with Gasteiger partial charge >= 0.3 is 5.97 Å². The van der Waals surface area contributed by atoms with Gasteiger partial charge < -0.3 is 9.64 Å². The number of nitro benzene ring substituents is 1. The number of esters is 1. The number of anilines is 1. The van der Waals surface area contributed by atoms with Crippen LogP contribution in [0.5, 0.6) is 0 Å². The molecule has 2 rings (SSSR count). The summed E-state index contributed by atoms with van der Waals surface area (Å²) in [4.78, 5) is 23.0. The molecule has 0 aliphatic carbocycles. The van der Waals surface area contributed by atoms with Gasteiger partial charge in [0.15, 0.2) is 0 Å². The molecular formula is C10H10N2O4. The largest absolute Gasteiger partial charge is 0.467 e. The Morgan fingerprint density at radius 1 is 1.50 bits per heavy atom. The van der Waals surface area contributed by atoms with Crippen LogP contribution >= 0.6 is 0 Å². The fourth-order valence-corrected chi connectivity index (χ4v) is 1.53. The van der Waals surface area contributed by atoms with Crippen LogP contribution in [0.25, 0.3) is 0 Å². The lowest BCUT2D eigenvalue weighted by Gasteiger charge is -2.03. The quantitative estimate of drug-likeness (QED) is 0.329. The van der Waals surface area contributed by atoms with Crippen molar-refractivity contribution in [3.8, 4) is 0 Å². The average Bonchev–Trinajstić information content (AvgIpc) is 3.08. The summed E-state index contributed by atoms with van der Waals surface area (Å²) in [6, 6.07) is 5.85. The minimum Gasteiger partial charge on any atom is -0.467 e. The number of benzene rings is 1. The molecule has 1 heterocycles. The third-order valence-electron chi connectivity index (χ3n) is 2.48. The predicted molar refractivity (Wildman–Crippen MR) is 56.2 cm³/mol. The molecule has 0 N–H and O–H groups in total. The molecule has 0 aromatic heterocycles. The van der Waals surface area contributed by atoms with Crippen LogP contribution in [0.3, 0.4) is 0 Å². The van der Waals surface area contributed by atoms with Crippen molar-refractivity contribution in [2.75, 3.05) is 18.6 Å². The third-order valence-corrected chi connectivity index (χ3v) is 2.48. The molecule has 16 heavy (non-hydrogen) atoms. The van der Waals surface area contributed by atoms with Crippen LogP contribution in [0.4, 0.5) is 11.4 Å². The summed E-state index contributed by atoms with van der Waals surface area (Å²) in [6.07, 6.45) is 0. The second-order valence-corrected chi connectivity index (χ2v) is 3.46. The SMILES string of the molecule is COC(=O)C1CN1c1ccc([N+](=O)[O-])cc1. The van der Waals surface area contributed by atoms with Crippen molar-refractivity contribution < 1.29 is 14.5 Å². The van der Waals surface area contributed by atoms with Crippen LogP contribution in [0.2, 0.25) is 0 Å². The highest BCUT2D eigenvalue weighted by atomic mass is 16.6. The number of hydrogen-bond donors (Lipinski definition) is 0. The van der Waals surface area contributed by atoms with Crippen molar-refractivity contribution in [1.82, 2.24) is 0 Å². The second-order valence-electron chi connectivity index (χ2n) is 3.46. The van der Waals surface area contributed by atoms with E-state index < -0.39 is 4.92 Å². The molecule has 0 amide bonds. The van der Waals surface area contributed by atoms with Crippen LogP contribution in [-0.2, 0) is 9.53 Å². The molecule has 1 saturated heterocycles. The molecule has 0 saturated carbocycles. The molecule has 0 spiro atoms. The van der Waals surface area contributed by atoms with Crippen LogP contribution in [0, 0.1) is 10.1 Å². The van der Waals surface area contributed by atoms with Gasteiger partial charge in [-0.05, 0) is 12.1 Å². The predicted octanol–water partition coefficient (Wildman–Crippen LogP) is 0.956. The van der Waals surface area contributed by atoms with Gasteiger partial charge in [0, 0.05) is 17.8 Å². The van der Waals surface area contributed by atoms with Crippen LogP contribution in [-0.4, -0.2) is 30.6 Å². The number of methoxy groups -OCH3 is 1. The van der Waals surface area contributed by atoms with Crippen molar-refractivity contribution in [2.24, 2.45) is 0 Å². The summed E-state index contributed by atoms with van der Waals surface area (Å²) < 4.78 is 4.60. The molecule has 1 aromatic carbocycles. The number of carbonyl (C=O) groups excluding carboxylic acids is 1. The van der Waals surface area contributed by atoms with Crippen LogP contribution in [0.1, 0.15) is 0 Å². The van der Waals surface area contributed by atoms with Crippen LogP contribution in [0.15, 0.2) is 24.3 Å². The number of ether oxygens (including phenoxy) is 1. The number of nitrogens with zero attached hydrogens (tertiary/aromatic N) is 2. The lowest BCUT2D eigenvalue weighted by atomic mass is 10.3. The fraction of sp³-hybridized carbons (Fsp3) is 0.300. The minimum atomic E-state index is -0.455. The van der Waals surface area contributed by atoms with Crippen molar-refractivity contribution in [3.63, 3.8) is 0 Å². The highest BCUT2D eigenvalue weighted by Crippen LogP contribution is 2.29. The Balaban J connectivity index is 2.07. The molecule has 0 radical (unpaired) electrons. The van der Waals surface area contributed by atoms with Crippen molar-refractivity contribution >= 4 is 17.3 Å². The lowest BCUT2D eigenvalue weighted by Crippen LogP contribution is -2.13. The van der Waals surface area contributed by atoms with Gasteiger partial charge in [0.05, 0.1) is 18.6 Å². The van der Waals surface area contributed by atoms with E-state index in [1.54, 1.807) is 12.1 Å². The molecule has 84 valence electrons. The Bertz CT molecular complexity index is 429. The third kappa shape index (κ3) is 1.81. The number of non-ortho nitro benzene ring substituents is 1. The van der Waals surface area contributed by atoms with Gasteiger partial charge in [0.25, 0.3) is 5.69 Å². The van der Waals surface area contributed by atoms with E-state index in [-0.39, 0.29) is 17.7 Å². The average molecular weight is 222 g/mol. The van der Waals surface area contributed by atoms with Gasteiger partial charge in [0.2, 0.25) is 0 Å². The number of hydrogen-bond acceptors (Lipinski definition) is 5. The van der Waals surface area contributed by atoms with E-state index in [1.807, 2.05) is 4.90 Å². The first-order valence-electron chi connectivity index (χ1n) is 4.72. The molecule has 1 fully saturated rings. The highest BCUT2D eigenvalue weighted by molar-refractivity contribution is 5.86. The second kappa shape index (κ2) is 3.80. The summed E-state index contributed by atoms with van der Waals surface area (Å²) in [7, 11) is 1.34.